The number of hydrogen-bond acceptors (Lipinski definition) is 2. The molecule has 0 saturated heterocycles. The Balaban J connectivity index is 2.41. The maximum atomic E-state index is 4.41. The Morgan fingerprint density at radius 1 is 1.33 bits per heavy atom. The standard InChI is InChI=1S/C10H15NS/c1-2-6-10(12)11-9-7-4-3-5-8-9/h3-5,7-8,10-12H,2,6H2,1H3. The Hall–Kier alpha value is -0.630. The zero-order valence-electron chi connectivity index (χ0n) is 7.33. The molecule has 1 N–H and O–H groups in total. The van der Waals surface area contributed by atoms with Crippen molar-refractivity contribution >= 4 is 18.3 Å². The van der Waals surface area contributed by atoms with Crippen LogP contribution in [0.25, 0.3) is 0 Å². The SMILES string of the molecule is CCCC(S)Nc1ccccc1. The minimum absolute atomic E-state index is 0.275. The highest BCUT2D eigenvalue weighted by molar-refractivity contribution is 7.81. The number of benzene rings is 1. The largest absolute Gasteiger partial charge is 0.374 e. The monoisotopic (exact) mass is 181 g/mol. The molecule has 66 valence electrons. The third kappa shape index (κ3) is 3.18. The Bertz CT molecular complexity index is 210. The summed E-state index contributed by atoms with van der Waals surface area (Å²) in [4.78, 5) is 0. The number of nitrogens with one attached hydrogen (secondary N) is 1. The van der Waals surface area contributed by atoms with Gasteiger partial charge in [-0.25, -0.2) is 0 Å². The third-order valence-corrected chi connectivity index (χ3v) is 2.06. The fourth-order valence-electron chi connectivity index (χ4n) is 1.07. The zero-order valence-corrected chi connectivity index (χ0v) is 8.22. The van der Waals surface area contributed by atoms with E-state index in [1.54, 1.807) is 0 Å². The fraction of sp³-hybridized carbons (Fsp3) is 0.400. The van der Waals surface area contributed by atoms with Crippen LogP contribution in [0.1, 0.15) is 19.8 Å². The average molecular weight is 181 g/mol. The van der Waals surface area contributed by atoms with Gasteiger partial charge in [-0.3, -0.25) is 0 Å². The van der Waals surface area contributed by atoms with Crippen LogP contribution in [-0.4, -0.2) is 5.37 Å². The van der Waals surface area contributed by atoms with E-state index in [0.717, 1.165) is 18.5 Å². The van der Waals surface area contributed by atoms with E-state index in [0.29, 0.717) is 0 Å². The minimum Gasteiger partial charge on any atom is -0.374 e. The van der Waals surface area contributed by atoms with Crippen LogP contribution in [0.2, 0.25) is 0 Å². The van der Waals surface area contributed by atoms with Crippen LogP contribution in [0, 0.1) is 0 Å². The Morgan fingerprint density at radius 2 is 2.00 bits per heavy atom. The molecule has 0 amide bonds. The molecule has 0 radical (unpaired) electrons. The molecule has 1 aromatic rings. The zero-order chi connectivity index (χ0) is 8.81. The maximum absolute atomic E-state index is 4.41. The molecule has 12 heavy (non-hydrogen) atoms. The average Bonchev–Trinajstić information content (AvgIpc) is 2.06. The first-order valence-corrected chi connectivity index (χ1v) is 4.84. The molecule has 0 aliphatic rings. The number of rotatable bonds is 4. The van der Waals surface area contributed by atoms with Gasteiger partial charge >= 0.3 is 0 Å². The van der Waals surface area contributed by atoms with Gasteiger partial charge in [0, 0.05) is 5.69 Å². The molecular weight excluding hydrogens is 166 g/mol. The van der Waals surface area contributed by atoms with Crippen LogP contribution in [0.5, 0.6) is 0 Å². The second kappa shape index (κ2) is 5.09. The van der Waals surface area contributed by atoms with Gasteiger partial charge in [-0.05, 0) is 18.6 Å². The molecule has 0 fully saturated rings. The van der Waals surface area contributed by atoms with E-state index in [2.05, 4.69) is 37.0 Å². The summed E-state index contributed by atoms with van der Waals surface area (Å²) in [5.41, 5.74) is 1.14. The van der Waals surface area contributed by atoms with Crippen molar-refractivity contribution in [1.29, 1.82) is 0 Å². The van der Waals surface area contributed by atoms with Crippen molar-refractivity contribution in [1.82, 2.24) is 0 Å². The Kier molecular flexibility index (Phi) is 4.01. The van der Waals surface area contributed by atoms with E-state index in [4.69, 9.17) is 0 Å². The van der Waals surface area contributed by atoms with Gasteiger partial charge in [-0.15, -0.1) is 0 Å². The second-order valence-corrected chi connectivity index (χ2v) is 3.44. The van der Waals surface area contributed by atoms with Gasteiger partial charge < -0.3 is 5.32 Å². The second-order valence-electron chi connectivity index (χ2n) is 2.81. The smallest absolute Gasteiger partial charge is 0.0693 e. The highest BCUT2D eigenvalue weighted by Gasteiger charge is 1.98. The Morgan fingerprint density at radius 3 is 2.58 bits per heavy atom. The molecule has 0 saturated carbocycles. The van der Waals surface area contributed by atoms with E-state index in [-0.39, 0.29) is 5.37 Å². The van der Waals surface area contributed by atoms with Crippen molar-refractivity contribution in [2.75, 3.05) is 5.32 Å². The topological polar surface area (TPSA) is 12.0 Å². The quantitative estimate of drug-likeness (QED) is 0.537. The lowest BCUT2D eigenvalue weighted by atomic mass is 10.3. The van der Waals surface area contributed by atoms with Crippen LogP contribution in [-0.2, 0) is 0 Å². The first-order valence-electron chi connectivity index (χ1n) is 4.32. The molecule has 2 heteroatoms. The first-order chi connectivity index (χ1) is 5.83. The van der Waals surface area contributed by atoms with E-state index in [1.165, 1.54) is 0 Å². The van der Waals surface area contributed by atoms with Gasteiger partial charge in [-0.2, -0.15) is 12.6 Å². The van der Waals surface area contributed by atoms with Crippen molar-refractivity contribution in [2.45, 2.75) is 25.1 Å². The van der Waals surface area contributed by atoms with Crippen LogP contribution < -0.4 is 5.32 Å². The van der Waals surface area contributed by atoms with Crippen molar-refractivity contribution in [2.24, 2.45) is 0 Å². The first kappa shape index (κ1) is 9.46. The summed E-state index contributed by atoms with van der Waals surface area (Å²) in [5, 5.41) is 3.58. The Labute approximate surface area is 79.6 Å². The van der Waals surface area contributed by atoms with Crippen LogP contribution >= 0.6 is 12.6 Å². The lowest BCUT2D eigenvalue weighted by molar-refractivity contribution is 0.800. The molecular formula is C10H15NS. The lowest BCUT2D eigenvalue weighted by Crippen LogP contribution is -2.11. The predicted molar refractivity (Wildman–Crippen MR) is 57.7 cm³/mol. The van der Waals surface area contributed by atoms with Crippen molar-refractivity contribution in [3.8, 4) is 0 Å². The van der Waals surface area contributed by atoms with Gasteiger partial charge in [0.2, 0.25) is 0 Å². The van der Waals surface area contributed by atoms with Gasteiger partial charge in [0.25, 0.3) is 0 Å². The molecule has 0 heterocycles. The van der Waals surface area contributed by atoms with Gasteiger partial charge in [0.05, 0.1) is 5.37 Å². The summed E-state index contributed by atoms with van der Waals surface area (Å²) in [5.74, 6) is 0. The van der Waals surface area contributed by atoms with E-state index in [9.17, 15) is 0 Å². The summed E-state index contributed by atoms with van der Waals surface area (Å²) < 4.78 is 0. The number of hydrogen-bond donors (Lipinski definition) is 2. The van der Waals surface area contributed by atoms with Gasteiger partial charge in [0.15, 0.2) is 0 Å². The third-order valence-electron chi connectivity index (χ3n) is 1.67. The summed E-state index contributed by atoms with van der Waals surface area (Å²) in [6.07, 6.45) is 2.26. The summed E-state index contributed by atoms with van der Waals surface area (Å²) >= 11 is 4.41. The molecule has 0 aliphatic carbocycles. The van der Waals surface area contributed by atoms with E-state index < -0.39 is 0 Å². The van der Waals surface area contributed by atoms with E-state index in [1.807, 2.05) is 18.2 Å². The van der Waals surface area contributed by atoms with Crippen LogP contribution in [0.3, 0.4) is 0 Å². The number of para-hydroxylation sites is 1. The minimum atomic E-state index is 0.275. The van der Waals surface area contributed by atoms with Crippen LogP contribution in [0.4, 0.5) is 5.69 Å². The molecule has 0 bridgehead atoms. The molecule has 0 spiro atoms. The number of thiol groups is 1. The van der Waals surface area contributed by atoms with E-state index >= 15 is 0 Å². The van der Waals surface area contributed by atoms with Crippen molar-refractivity contribution in [3.05, 3.63) is 30.3 Å². The summed E-state index contributed by atoms with van der Waals surface area (Å²) in [7, 11) is 0. The van der Waals surface area contributed by atoms with Crippen molar-refractivity contribution in [3.63, 3.8) is 0 Å². The van der Waals surface area contributed by atoms with Gasteiger partial charge in [0.1, 0.15) is 0 Å². The van der Waals surface area contributed by atoms with Crippen LogP contribution in [0.15, 0.2) is 30.3 Å². The fourth-order valence-corrected chi connectivity index (χ4v) is 1.48. The van der Waals surface area contributed by atoms with Crippen molar-refractivity contribution < 1.29 is 0 Å². The molecule has 1 aromatic carbocycles. The summed E-state index contributed by atoms with van der Waals surface area (Å²) in [6, 6.07) is 10.2. The molecule has 0 aromatic heterocycles. The highest BCUT2D eigenvalue weighted by Crippen LogP contribution is 2.11. The molecule has 1 unspecified atom stereocenters. The maximum Gasteiger partial charge on any atom is 0.0693 e. The summed E-state index contributed by atoms with van der Waals surface area (Å²) in [6.45, 7) is 2.16. The predicted octanol–water partition coefficient (Wildman–Crippen LogP) is 3.15. The highest BCUT2D eigenvalue weighted by atomic mass is 32.1. The molecule has 1 atom stereocenters. The van der Waals surface area contributed by atoms with Gasteiger partial charge in [-0.1, -0.05) is 31.5 Å². The number of anilines is 1. The normalized spacial score (nSPS) is 12.5. The lowest BCUT2D eigenvalue weighted by Gasteiger charge is -2.12. The molecule has 0 aliphatic heterocycles. The molecule has 1 nitrogen and oxygen atoms in total. The molecule has 1 rings (SSSR count).